The first kappa shape index (κ1) is 20.4. The molecular formula is C22H21NO5S2. The van der Waals surface area contributed by atoms with Crippen LogP contribution >= 0.6 is 11.3 Å². The molecule has 156 valence electrons. The van der Waals surface area contributed by atoms with Crippen LogP contribution in [0.15, 0.2) is 53.4 Å². The van der Waals surface area contributed by atoms with Crippen molar-refractivity contribution >= 4 is 32.8 Å². The van der Waals surface area contributed by atoms with Crippen molar-refractivity contribution in [1.29, 1.82) is 0 Å². The number of hydrogen-bond donors (Lipinski definition) is 0. The Morgan fingerprint density at radius 1 is 1.10 bits per heavy atom. The van der Waals surface area contributed by atoms with E-state index in [1.54, 1.807) is 61.6 Å². The molecule has 6 nitrogen and oxygen atoms in total. The average Bonchev–Trinajstić information content (AvgIpc) is 3.17. The molecule has 1 aromatic heterocycles. The van der Waals surface area contributed by atoms with E-state index in [0.717, 1.165) is 4.88 Å². The molecule has 1 aliphatic heterocycles. The predicted octanol–water partition coefficient (Wildman–Crippen LogP) is 4.39. The van der Waals surface area contributed by atoms with Crippen LogP contribution in [-0.4, -0.2) is 35.1 Å². The molecule has 4 rings (SSSR count). The number of sulfone groups is 1. The number of hydrogen-bond acceptors (Lipinski definition) is 6. The summed E-state index contributed by atoms with van der Waals surface area (Å²) in [7, 11) is -0.305. The first-order chi connectivity index (χ1) is 14.4. The van der Waals surface area contributed by atoms with Gasteiger partial charge < -0.3 is 14.4 Å². The third kappa shape index (κ3) is 3.36. The Hall–Kier alpha value is -2.84. The van der Waals surface area contributed by atoms with Crippen molar-refractivity contribution < 1.29 is 22.7 Å². The molecule has 0 saturated carbocycles. The first-order valence-corrected chi connectivity index (χ1v) is 11.8. The summed E-state index contributed by atoms with van der Waals surface area (Å²) in [5.74, 6) is 0.860. The van der Waals surface area contributed by atoms with E-state index >= 15 is 0 Å². The Morgan fingerprint density at radius 2 is 1.87 bits per heavy atom. The largest absolute Gasteiger partial charge is 0.497 e. The summed E-state index contributed by atoms with van der Waals surface area (Å²) in [5, 5.41) is 0. The van der Waals surface area contributed by atoms with Gasteiger partial charge in [-0.05, 0) is 36.8 Å². The number of carbonyl (C=O) groups excluding carboxylic acids is 1. The van der Waals surface area contributed by atoms with Crippen molar-refractivity contribution in [2.24, 2.45) is 0 Å². The van der Waals surface area contributed by atoms with Gasteiger partial charge in [0.05, 0.1) is 35.4 Å². The highest BCUT2D eigenvalue weighted by atomic mass is 32.2. The lowest BCUT2D eigenvalue weighted by Gasteiger charge is -2.23. The van der Waals surface area contributed by atoms with Crippen LogP contribution in [0.5, 0.6) is 11.5 Å². The van der Waals surface area contributed by atoms with Gasteiger partial charge in [0, 0.05) is 23.1 Å². The van der Waals surface area contributed by atoms with E-state index in [-0.39, 0.29) is 11.7 Å². The molecular weight excluding hydrogens is 422 g/mol. The Kier molecular flexibility index (Phi) is 5.29. The van der Waals surface area contributed by atoms with Gasteiger partial charge in [0.15, 0.2) is 9.84 Å². The molecule has 0 radical (unpaired) electrons. The minimum Gasteiger partial charge on any atom is -0.497 e. The van der Waals surface area contributed by atoms with Crippen molar-refractivity contribution in [3.8, 4) is 21.9 Å². The smallest absolute Gasteiger partial charge is 0.268 e. The van der Waals surface area contributed by atoms with Gasteiger partial charge in [0.25, 0.3) is 5.91 Å². The molecule has 1 amide bonds. The van der Waals surface area contributed by atoms with Crippen LogP contribution < -0.4 is 14.4 Å². The fraction of sp³-hybridized carbons (Fsp3) is 0.227. The van der Waals surface area contributed by atoms with Crippen LogP contribution in [0.1, 0.15) is 22.2 Å². The minimum absolute atomic E-state index is 0.0995. The summed E-state index contributed by atoms with van der Waals surface area (Å²) in [6.07, 6.45) is 0. The molecule has 0 aliphatic carbocycles. The molecule has 0 bridgehead atoms. The number of thiophene rings is 1. The fourth-order valence-corrected chi connectivity index (χ4v) is 6.55. The summed E-state index contributed by atoms with van der Waals surface area (Å²) >= 11 is 1.32. The molecule has 0 atom stereocenters. The molecule has 0 saturated heterocycles. The molecule has 2 aromatic carbocycles. The number of methoxy groups -OCH3 is 2. The monoisotopic (exact) mass is 443 g/mol. The van der Waals surface area contributed by atoms with E-state index < -0.39 is 9.84 Å². The molecule has 2 heterocycles. The first-order valence-electron chi connectivity index (χ1n) is 9.38. The van der Waals surface area contributed by atoms with E-state index in [4.69, 9.17) is 9.47 Å². The predicted molar refractivity (Wildman–Crippen MR) is 118 cm³/mol. The van der Waals surface area contributed by atoms with Gasteiger partial charge in [-0.3, -0.25) is 4.79 Å². The van der Waals surface area contributed by atoms with Crippen molar-refractivity contribution in [2.75, 3.05) is 25.7 Å². The lowest BCUT2D eigenvalue weighted by Crippen LogP contribution is -2.30. The average molecular weight is 444 g/mol. The van der Waals surface area contributed by atoms with E-state index in [1.165, 1.54) is 11.3 Å². The number of carbonyl (C=O) groups is 1. The number of nitrogens with zero attached hydrogens (tertiary/aromatic N) is 1. The number of anilines is 1. The standard InChI is InChI=1S/C22H21NO5S2/c1-4-23(17-12-15(27-2)9-10-18(17)28-3)22(24)19-11-14-13-30(25,26)20-8-6-5-7-16(20)21(14)29-19/h5-12H,4,13H2,1-3H3. The lowest BCUT2D eigenvalue weighted by atomic mass is 10.1. The lowest BCUT2D eigenvalue weighted by molar-refractivity contribution is 0.0991. The van der Waals surface area contributed by atoms with E-state index in [1.807, 2.05) is 13.0 Å². The van der Waals surface area contributed by atoms with Gasteiger partial charge in [-0.2, -0.15) is 0 Å². The molecule has 30 heavy (non-hydrogen) atoms. The Balaban J connectivity index is 1.78. The molecule has 0 fully saturated rings. The third-order valence-corrected chi connectivity index (χ3v) is 7.99. The Bertz CT molecular complexity index is 1230. The normalized spacial score (nSPS) is 13.8. The van der Waals surface area contributed by atoms with Gasteiger partial charge in [-0.15, -0.1) is 11.3 Å². The molecule has 0 N–H and O–H groups in total. The Morgan fingerprint density at radius 3 is 2.57 bits per heavy atom. The minimum atomic E-state index is -3.42. The summed E-state index contributed by atoms with van der Waals surface area (Å²) in [6.45, 7) is 2.30. The SMILES string of the molecule is CCN(C(=O)c1cc2c(s1)-c1ccccc1S(=O)(=O)C2)c1cc(OC)ccc1OC. The summed E-state index contributed by atoms with van der Waals surface area (Å²) in [4.78, 5) is 16.7. The molecule has 8 heteroatoms. The summed E-state index contributed by atoms with van der Waals surface area (Å²) in [6, 6.07) is 13.9. The van der Waals surface area contributed by atoms with Crippen molar-refractivity contribution in [2.45, 2.75) is 17.6 Å². The van der Waals surface area contributed by atoms with Gasteiger partial charge >= 0.3 is 0 Å². The van der Waals surface area contributed by atoms with Crippen LogP contribution in [0.3, 0.4) is 0 Å². The Labute approximate surface area is 179 Å². The number of benzene rings is 2. The second kappa shape index (κ2) is 7.77. The highest BCUT2D eigenvalue weighted by molar-refractivity contribution is 7.91. The van der Waals surface area contributed by atoms with Gasteiger partial charge in [-0.1, -0.05) is 18.2 Å². The molecule has 0 unspecified atom stereocenters. The number of amides is 1. The quantitative estimate of drug-likeness (QED) is 0.585. The maximum absolute atomic E-state index is 13.4. The molecule has 0 spiro atoms. The molecule has 1 aliphatic rings. The highest BCUT2D eigenvalue weighted by Gasteiger charge is 2.31. The summed E-state index contributed by atoms with van der Waals surface area (Å²) < 4.78 is 36.1. The van der Waals surface area contributed by atoms with Crippen molar-refractivity contribution in [3.63, 3.8) is 0 Å². The van der Waals surface area contributed by atoms with Crippen LogP contribution in [0.4, 0.5) is 5.69 Å². The van der Waals surface area contributed by atoms with Crippen LogP contribution in [-0.2, 0) is 15.6 Å². The van der Waals surface area contributed by atoms with E-state index in [9.17, 15) is 13.2 Å². The maximum atomic E-state index is 13.4. The van der Waals surface area contributed by atoms with Crippen molar-refractivity contribution in [1.82, 2.24) is 0 Å². The highest BCUT2D eigenvalue weighted by Crippen LogP contribution is 2.43. The van der Waals surface area contributed by atoms with Crippen LogP contribution in [0, 0.1) is 0 Å². The topological polar surface area (TPSA) is 72.9 Å². The zero-order valence-electron chi connectivity index (χ0n) is 16.8. The van der Waals surface area contributed by atoms with Crippen LogP contribution in [0.25, 0.3) is 10.4 Å². The second-order valence-electron chi connectivity index (χ2n) is 6.81. The molecule has 3 aromatic rings. The van der Waals surface area contributed by atoms with Gasteiger partial charge in [-0.25, -0.2) is 8.42 Å². The number of rotatable bonds is 5. The van der Waals surface area contributed by atoms with E-state index in [2.05, 4.69) is 0 Å². The maximum Gasteiger partial charge on any atom is 0.268 e. The van der Waals surface area contributed by atoms with Crippen LogP contribution in [0.2, 0.25) is 0 Å². The third-order valence-electron chi connectivity index (χ3n) is 5.07. The number of fused-ring (bicyclic) bond motifs is 3. The zero-order valence-corrected chi connectivity index (χ0v) is 18.5. The van der Waals surface area contributed by atoms with Crippen molar-refractivity contribution in [3.05, 3.63) is 59.0 Å². The fourth-order valence-electron chi connectivity index (χ4n) is 3.64. The second-order valence-corrected chi connectivity index (χ2v) is 9.82. The van der Waals surface area contributed by atoms with Gasteiger partial charge in [0.1, 0.15) is 11.5 Å². The number of ether oxygens (including phenoxy) is 2. The summed E-state index contributed by atoms with van der Waals surface area (Å²) in [5.41, 5.74) is 1.92. The van der Waals surface area contributed by atoms with Gasteiger partial charge in [0.2, 0.25) is 0 Å². The van der Waals surface area contributed by atoms with E-state index in [0.29, 0.717) is 44.6 Å². The zero-order chi connectivity index (χ0) is 21.5.